The van der Waals surface area contributed by atoms with Gasteiger partial charge in [0.2, 0.25) is 0 Å². The lowest BCUT2D eigenvalue weighted by molar-refractivity contribution is 0.0884. The summed E-state index contributed by atoms with van der Waals surface area (Å²) in [4.78, 5) is 16.4. The number of aliphatic hydroxyl groups excluding tert-OH is 2. The SMILES string of the molecule is Nc1c(C(=O)NC(CO)CO)sc2cccnc12. The molecule has 5 N–H and O–H groups in total. The van der Waals surface area contributed by atoms with Crippen LogP contribution in [0.2, 0.25) is 0 Å². The standard InChI is InChI=1S/C11H13N3O3S/c12-8-9-7(2-1-3-13-9)18-10(8)11(17)14-6(4-15)5-16/h1-3,6,15-16H,4-5,12H2,(H,14,17). The number of nitrogens with two attached hydrogens (primary N) is 1. The molecule has 2 heterocycles. The van der Waals surface area contributed by atoms with Gasteiger partial charge in [-0.1, -0.05) is 0 Å². The highest BCUT2D eigenvalue weighted by atomic mass is 32.1. The molecule has 0 aliphatic heterocycles. The zero-order valence-electron chi connectivity index (χ0n) is 9.46. The fourth-order valence-electron chi connectivity index (χ4n) is 1.52. The van der Waals surface area contributed by atoms with Crippen LogP contribution in [0.1, 0.15) is 9.67 Å². The van der Waals surface area contributed by atoms with Crippen molar-refractivity contribution in [3.8, 4) is 0 Å². The van der Waals surface area contributed by atoms with E-state index < -0.39 is 11.9 Å². The number of nitrogens with zero attached hydrogens (tertiary/aromatic N) is 1. The topological polar surface area (TPSA) is 108 Å². The molecule has 2 aromatic rings. The van der Waals surface area contributed by atoms with Crippen LogP contribution in [0, 0.1) is 0 Å². The van der Waals surface area contributed by atoms with Gasteiger partial charge in [-0.2, -0.15) is 0 Å². The van der Waals surface area contributed by atoms with Crippen molar-refractivity contribution in [3.05, 3.63) is 23.2 Å². The molecular weight excluding hydrogens is 254 g/mol. The monoisotopic (exact) mass is 267 g/mol. The van der Waals surface area contributed by atoms with Crippen LogP contribution in [0.4, 0.5) is 5.69 Å². The van der Waals surface area contributed by atoms with Gasteiger partial charge in [0, 0.05) is 6.20 Å². The number of rotatable bonds is 4. The van der Waals surface area contributed by atoms with E-state index in [4.69, 9.17) is 15.9 Å². The third-order valence-electron chi connectivity index (χ3n) is 2.46. The van der Waals surface area contributed by atoms with E-state index in [0.717, 1.165) is 4.70 Å². The van der Waals surface area contributed by atoms with Crippen molar-refractivity contribution in [3.63, 3.8) is 0 Å². The van der Waals surface area contributed by atoms with Crippen molar-refractivity contribution in [2.24, 2.45) is 0 Å². The molecule has 0 atom stereocenters. The highest BCUT2D eigenvalue weighted by molar-refractivity contribution is 7.21. The normalized spacial score (nSPS) is 11.1. The number of hydrogen-bond acceptors (Lipinski definition) is 6. The summed E-state index contributed by atoms with van der Waals surface area (Å²) in [5, 5.41) is 20.3. The lowest BCUT2D eigenvalue weighted by Gasteiger charge is -2.12. The van der Waals surface area contributed by atoms with Gasteiger partial charge in [0.05, 0.1) is 29.6 Å². The summed E-state index contributed by atoms with van der Waals surface area (Å²) in [7, 11) is 0. The fraction of sp³-hybridized carbons (Fsp3) is 0.273. The molecule has 0 fully saturated rings. The number of pyridine rings is 1. The second kappa shape index (κ2) is 5.30. The van der Waals surface area contributed by atoms with Crippen LogP contribution in [-0.2, 0) is 0 Å². The fourth-order valence-corrected chi connectivity index (χ4v) is 2.50. The van der Waals surface area contributed by atoms with Crippen molar-refractivity contribution in [2.45, 2.75) is 6.04 Å². The molecule has 1 amide bonds. The maximum atomic E-state index is 11.9. The van der Waals surface area contributed by atoms with Gasteiger partial charge in [-0.25, -0.2) is 0 Å². The van der Waals surface area contributed by atoms with Gasteiger partial charge >= 0.3 is 0 Å². The number of hydrogen-bond donors (Lipinski definition) is 4. The maximum absolute atomic E-state index is 11.9. The molecule has 0 saturated heterocycles. The molecule has 6 nitrogen and oxygen atoms in total. The van der Waals surface area contributed by atoms with Crippen LogP contribution < -0.4 is 11.1 Å². The average molecular weight is 267 g/mol. The quantitative estimate of drug-likeness (QED) is 0.621. The van der Waals surface area contributed by atoms with Gasteiger partial charge in [0.1, 0.15) is 10.4 Å². The Labute approximate surface area is 107 Å². The number of aromatic nitrogens is 1. The van der Waals surface area contributed by atoms with Crippen LogP contribution >= 0.6 is 11.3 Å². The Bertz CT molecular complexity index is 566. The minimum absolute atomic E-state index is 0.322. The number of nitrogen functional groups attached to an aromatic ring is 1. The van der Waals surface area contributed by atoms with Crippen LogP contribution in [0.25, 0.3) is 10.2 Å². The highest BCUT2D eigenvalue weighted by Gasteiger charge is 2.19. The number of anilines is 1. The molecule has 0 aromatic carbocycles. The Morgan fingerprint density at radius 1 is 1.50 bits per heavy atom. The predicted octanol–water partition coefficient (Wildman–Crippen LogP) is -0.0385. The van der Waals surface area contributed by atoms with Gasteiger partial charge in [0.15, 0.2) is 0 Å². The van der Waals surface area contributed by atoms with Crippen molar-refractivity contribution in [1.82, 2.24) is 10.3 Å². The van der Waals surface area contributed by atoms with Gasteiger partial charge in [-0.15, -0.1) is 11.3 Å². The molecule has 0 aliphatic rings. The number of carbonyl (C=O) groups excluding carboxylic acids is 1. The number of carbonyl (C=O) groups is 1. The zero-order valence-corrected chi connectivity index (χ0v) is 10.3. The van der Waals surface area contributed by atoms with E-state index in [2.05, 4.69) is 10.3 Å². The summed E-state index contributed by atoms with van der Waals surface area (Å²) < 4.78 is 0.824. The predicted molar refractivity (Wildman–Crippen MR) is 69.5 cm³/mol. The van der Waals surface area contributed by atoms with E-state index >= 15 is 0 Å². The molecule has 0 bridgehead atoms. The third-order valence-corrected chi connectivity index (χ3v) is 3.62. The van der Waals surface area contributed by atoms with E-state index in [1.807, 2.05) is 6.07 Å². The Kier molecular flexibility index (Phi) is 3.75. The second-order valence-corrected chi connectivity index (χ2v) is 4.78. The molecular formula is C11H13N3O3S. The van der Waals surface area contributed by atoms with Crippen LogP contribution in [0.5, 0.6) is 0 Å². The number of thiophene rings is 1. The zero-order chi connectivity index (χ0) is 13.1. The third kappa shape index (κ3) is 2.28. The molecule has 2 rings (SSSR count). The first-order valence-corrected chi connectivity index (χ1v) is 6.14. The lowest BCUT2D eigenvalue weighted by atomic mass is 10.3. The molecule has 0 saturated carbocycles. The van der Waals surface area contributed by atoms with Crippen molar-refractivity contribution in [2.75, 3.05) is 18.9 Å². The number of amides is 1. The van der Waals surface area contributed by atoms with Crippen molar-refractivity contribution >= 4 is 33.1 Å². The average Bonchev–Trinajstić information content (AvgIpc) is 2.74. The molecule has 0 radical (unpaired) electrons. The lowest BCUT2D eigenvalue weighted by Crippen LogP contribution is -2.39. The molecule has 0 unspecified atom stereocenters. The highest BCUT2D eigenvalue weighted by Crippen LogP contribution is 2.31. The molecule has 96 valence electrons. The number of aliphatic hydroxyl groups is 2. The minimum Gasteiger partial charge on any atom is -0.396 e. The summed E-state index contributed by atoms with van der Waals surface area (Å²) in [5.41, 5.74) is 6.78. The van der Waals surface area contributed by atoms with E-state index in [1.54, 1.807) is 12.3 Å². The summed E-state index contributed by atoms with van der Waals surface area (Å²) >= 11 is 1.23. The molecule has 18 heavy (non-hydrogen) atoms. The van der Waals surface area contributed by atoms with Crippen LogP contribution in [-0.4, -0.2) is 40.4 Å². The van der Waals surface area contributed by atoms with Crippen LogP contribution in [0.15, 0.2) is 18.3 Å². The first-order valence-electron chi connectivity index (χ1n) is 5.33. The molecule has 2 aromatic heterocycles. The van der Waals surface area contributed by atoms with Gasteiger partial charge in [0.25, 0.3) is 5.91 Å². The minimum atomic E-state index is -0.685. The van der Waals surface area contributed by atoms with E-state index in [0.29, 0.717) is 16.1 Å². The van der Waals surface area contributed by atoms with E-state index in [1.165, 1.54) is 11.3 Å². The van der Waals surface area contributed by atoms with Crippen molar-refractivity contribution < 1.29 is 15.0 Å². The molecule has 7 heteroatoms. The number of nitrogens with one attached hydrogen (secondary N) is 1. The maximum Gasteiger partial charge on any atom is 0.263 e. The van der Waals surface area contributed by atoms with Gasteiger partial charge < -0.3 is 21.3 Å². The summed E-state index contributed by atoms with van der Waals surface area (Å²) in [6.45, 7) is -0.656. The number of fused-ring (bicyclic) bond motifs is 1. The summed E-state index contributed by atoms with van der Waals surface area (Å²) in [6, 6.07) is 2.91. The Morgan fingerprint density at radius 2 is 2.22 bits per heavy atom. The van der Waals surface area contributed by atoms with Gasteiger partial charge in [-0.3, -0.25) is 9.78 Å². The second-order valence-electron chi connectivity index (χ2n) is 3.73. The van der Waals surface area contributed by atoms with Crippen LogP contribution in [0.3, 0.4) is 0 Å². The van der Waals surface area contributed by atoms with Crippen molar-refractivity contribution in [1.29, 1.82) is 0 Å². The van der Waals surface area contributed by atoms with E-state index in [-0.39, 0.29) is 13.2 Å². The first-order chi connectivity index (χ1) is 8.67. The Balaban J connectivity index is 2.30. The Morgan fingerprint density at radius 3 is 2.83 bits per heavy atom. The van der Waals surface area contributed by atoms with E-state index in [9.17, 15) is 4.79 Å². The first kappa shape index (κ1) is 12.7. The smallest absolute Gasteiger partial charge is 0.263 e. The largest absolute Gasteiger partial charge is 0.396 e. The Hall–Kier alpha value is -1.70. The molecule has 0 spiro atoms. The van der Waals surface area contributed by atoms with Gasteiger partial charge in [-0.05, 0) is 12.1 Å². The summed E-state index contributed by atoms with van der Waals surface area (Å²) in [5.74, 6) is -0.413. The summed E-state index contributed by atoms with van der Waals surface area (Å²) in [6.07, 6.45) is 1.61. The molecule has 0 aliphatic carbocycles.